The Balaban J connectivity index is 2.52. The van der Waals surface area contributed by atoms with Gasteiger partial charge in [0.1, 0.15) is 5.75 Å². The smallest absolute Gasteiger partial charge is 0.262 e. The van der Waals surface area contributed by atoms with Crippen molar-refractivity contribution in [3.8, 4) is 5.75 Å². The largest absolute Gasteiger partial charge is 0.496 e. The number of aryl methyl sites for hydroxylation is 2. The fraction of sp³-hybridized carbons (Fsp3) is 0.400. The Hall–Kier alpha value is -2.02. The summed E-state index contributed by atoms with van der Waals surface area (Å²) in [7, 11) is -0.373. The number of nitrogens with one attached hydrogen (secondary N) is 1. The third kappa shape index (κ3) is 3.24. The second-order valence-electron chi connectivity index (χ2n) is 5.52. The lowest BCUT2D eigenvalue weighted by Gasteiger charge is -2.17. The SMILES string of the molecule is COc1cc(C(C)C)c(S(=O)(=O)Nc2cnn(C)c2)cc1C. The van der Waals surface area contributed by atoms with Gasteiger partial charge >= 0.3 is 0 Å². The van der Waals surface area contributed by atoms with Crippen LogP contribution in [0.1, 0.15) is 30.9 Å². The van der Waals surface area contributed by atoms with E-state index in [9.17, 15) is 8.42 Å². The highest BCUT2D eigenvalue weighted by Crippen LogP contribution is 2.31. The highest BCUT2D eigenvalue weighted by Gasteiger charge is 2.22. The van der Waals surface area contributed by atoms with E-state index in [4.69, 9.17) is 4.74 Å². The van der Waals surface area contributed by atoms with Crippen molar-refractivity contribution < 1.29 is 13.2 Å². The molecule has 120 valence electrons. The minimum absolute atomic E-state index is 0.0509. The first-order chi connectivity index (χ1) is 10.2. The molecule has 1 N–H and O–H groups in total. The summed E-state index contributed by atoms with van der Waals surface area (Å²) in [6.45, 7) is 5.73. The average Bonchev–Trinajstić information content (AvgIpc) is 2.82. The second kappa shape index (κ2) is 6.00. The first-order valence-corrected chi connectivity index (χ1v) is 8.43. The van der Waals surface area contributed by atoms with Crippen molar-refractivity contribution in [3.05, 3.63) is 35.7 Å². The van der Waals surface area contributed by atoms with Gasteiger partial charge in [-0.05, 0) is 36.1 Å². The Kier molecular flexibility index (Phi) is 4.46. The predicted octanol–water partition coefficient (Wildman–Crippen LogP) is 2.66. The van der Waals surface area contributed by atoms with Gasteiger partial charge in [-0.1, -0.05) is 13.8 Å². The van der Waals surface area contributed by atoms with Crippen LogP contribution < -0.4 is 9.46 Å². The maximum atomic E-state index is 12.7. The van der Waals surface area contributed by atoms with E-state index < -0.39 is 10.0 Å². The van der Waals surface area contributed by atoms with Gasteiger partial charge in [-0.2, -0.15) is 5.10 Å². The van der Waals surface area contributed by atoms with E-state index in [1.165, 1.54) is 6.20 Å². The van der Waals surface area contributed by atoms with Gasteiger partial charge in [0, 0.05) is 13.2 Å². The lowest BCUT2D eigenvalue weighted by molar-refractivity contribution is 0.410. The van der Waals surface area contributed by atoms with Gasteiger partial charge in [-0.3, -0.25) is 9.40 Å². The van der Waals surface area contributed by atoms with E-state index in [0.717, 1.165) is 11.1 Å². The molecule has 2 rings (SSSR count). The highest BCUT2D eigenvalue weighted by molar-refractivity contribution is 7.92. The zero-order valence-corrected chi connectivity index (χ0v) is 14.2. The maximum Gasteiger partial charge on any atom is 0.262 e. The zero-order chi connectivity index (χ0) is 16.5. The van der Waals surface area contributed by atoms with Crippen molar-refractivity contribution in [3.63, 3.8) is 0 Å². The average molecular weight is 323 g/mol. The molecule has 0 saturated heterocycles. The number of nitrogens with zero attached hydrogens (tertiary/aromatic N) is 2. The molecular weight excluding hydrogens is 302 g/mol. The van der Waals surface area contributed by atoms with Gasteiger partial charge in [0.05, 0.1) is 23.9 Å². The number of methoxy groups -OCH3 is 1. The van der Waals surface area contributed by atoms with E-state index in [2.05, 4.69) is 9.82 Å². The quantitative estimate of drug-likeness (QED) is 0.918. The van der Waals surface area contributed by atoms with Gasteiger partial charge in [0.15, 0.2) is 0 Å². The molecule has 1 aromatic heterocycles. The van der Waals surface area contributed by atoms with Gasteiger partial charge < -0.3 is 4.74 Å². The van der Waals surface area contributed by atoms with Crippen LogP contribution in [-0.2, 0) is 17.1 Å². The summed E-state index contributed by atoms with van der Waals surface area (Å²) in [4.78, 5) is 0.268. The topological polar surface area (TPSA) is 73.2 Å². The van der Waals surface area contributed by atoms with Crippen LogP contribution in [0.5, 0.6) is 5.75 Å². The molecule has 1 aromatic carbocycles. The van der Waals surface area contributed by atoms with Crippen molar-refractivity contribution in [2.75, 3.05) is 11.8 Å². The van der Waals surface area contributed by atoms with E-state index >= 15 is 0 Å². The fourth-order valence-corrected chi connectivity index (χ4v) is 3.73. The molecule has 0 aliphatic carbocycles. The molecule has 2 aromatic rings. The molecule has 7 heteroatoms. The Bertz CT molecular complexity index is 779. The molecule has 0 saturated carbocycles. The molecule has 0 amide bonds. The predicted molar refractivity (Wildman–Crippen MR) is 85.8 cm³/mol. The van der Waals surface area contributed by atoms with Gasteiger partial charge in [-0.15, -0.1) is 0 Å². The maximum absolute atomic E-state index is 12.7. The standard InChI is InChI=1S/C15H21N3O3S/c1-10(2)13-7-14(21-5)11(3)6-15(13)22(19,20)17-12-8-16-18(4)9-12/h6-10,17H,1-5H3. The summed E-state index contributed by atoms with van der Waals surface area (Å²) in [5.41, 5.74) is 1.93. The van der Waals surface area contributed by atoms with Crippen LogP contribution in [0.3, 0.4) is 0 Å². The number of hydrogen-bond acceptors (Lipinski definition) is 4. The first kappa shape index (κ1) is 16.4. The van der Waals surface area contributed by atoms with E-state index in [0.29, 0.717) is 11.4 Å². The van der Waals surface area contributed by atoms with Crippen LogP contribution in [0, 0.1) is 6.92 Å². The minimum atomic E-state index is -3.68. The number of benzene rings is 1. The Morgan fingerprint density at radius 1 is 1.32 bits per heavy atom. The second-order valence-corrected chi connectivity index (χ2v) is 7.17. The van der Waals surface area contributed by atoms with Crippen molar-refractivity contribution in [2.24, 2.45) is 7.05 Å². The number of ether oxygens (including phenoxy) is 1. The summed E-state index contributed by atoms with van der Waals surface area (Å²) >= 11 is 0. The van der Waals surface area contributed by atoms with E-state index in [-0.39, 0.29) is 10.8 Å². The van der Waals surface area contributed by atoms with Crippen LogP contribution in [-0.4, -0.2) is 25.3 Å². The lowest BCUT2D eigenvalue weighted by atomic mass is 10.0. The molecule has 0 bridgehead atoms. The minimum Gasteiger partial charge on any atom is -0.496 e. The number of sulfonamides is 1. The first-order valence-electron chi connectivity index (χ1n) is 6.94. The molecule has 0 aliphatic rings. The molecule has 0 aliphatic heterocycles. The van der Waals surface area contributed by atoms with Gasteiger partial charge in [0.2, 0.25) is 0 Å². The molecule has 0 unspecified atom stereocenters. The molecule has 0 atom stereocenters. The number of anilines is 1. The Morgan fingerprint density at radius 3 is 2.50 bits per heavy atom. The summed E-state index contributed by atoms with van der Waals surface area (Å²) in [6, 6.07) is 3.44. The van der Waals surface area contributed by atoms with Crippen molar-refractivity contribution in [2.45, 2.75) is 31.6 Å². The number of rotatable bonds is 5. The van der Waals surface area contributed by atoms with Crippen molar-refractivity contribution in [1.82, 2.24) is 9.78 Å². The van der Waals surface area contributed by atoms with Crippen molar-refractivity contribution >= 4 is 15.7 Å². The molecular formula is C15H21N3O3S. The van der Waals surface area contributed by atoms with Gasteiger partial charge in [-0.25, -0.2) is 8.42 Å². The summed E-state index contributed by atoms with van der Waals surface area (Å²) < 4.78 is 34.8. The van der Waals surface area contributed by atoms with Crippen molar-refractivity contribution in [1.29, 1.82) is 0 Å². The Morgan fingerprint density at radius 2 is 2.00 bits per heavy atom. The molecule has 0 radical (unpaired) electrons. The van der Waals surface area contributed by atoms with E-state index in [1.807, 2.05) is 20.8 Å². The van der Waals surface area contributed by atoms with Crippen LogP contribution in [0.15, 0.2) is 29.4 Å². The Labute approximate surface area is 131 Å². The number of aromatic nitrogens is 2. The fourth-order valence-electron chi connectivity index (χ4n) is 2.27. The van der Waals surface area contributed by atoms with Gasteiger partial charge in [0.25, 0.3) is 10.0 Å². The molecule has 6 nitrogen and oxygen atoms in total. The number of hydrogen-bond donors (Lipinski definition) is 1. The van der Waals surface area contributed by atoms with Crippen LogP contribution in [0.2, 0.25) is 0 Å². The summed E-state index contributed by atoms with van der Waals surface area (Å²) in [5.74, 6) is 0.735. The van der Waals surface area contributed by atoms with Crippen LogP contribution in [0.4, 0.5) is 5.69 Å². The summed E-state index contributed by atoms with van der Waals surface area (Å²) in [5, 5.41) is 3.97. The highest BCUT2D eigenvalue weighted by atomic mass is 32.2. The molecule has 22 heavy (non-hydrogen) atoms. The van der Waals surface area contributed by atoms with E-state index in [1.54, 1.807) is 37.2 Å². The zero-order valence-electron chi connectivity index (χ0n) is 13.4. The monoisotopic (exact) mass is 323 g/mol. The lowest BCUT2D eigenvalue weighted by Crippen LogP contribution is -2.16. The molecule has 1 heterocycles. The van der Waals surface area contributed by atoms with Crippen LogP contribution >= 0.6 is 0 Å². The summed E-state index contributed by atoms with van der Waals surface area (Å²) in [6.07, 6.45) is 3.09. The normalized spacial score (nSPS) is 11.7. The molecule has 0 fully saturated rings. The molecule has 0 spiro atoms. The third-order valence-corrected chi connectivity index (χ3v) is 4.83. The third-order valence-electron chi connectivity index (χ3n) is 3.40. The van der Waals surface area contributed by atoms with Crippen LogP contribution in [0.25, 0.3) is 0 Å².